The van der Waals surface area contributed by atoms with E-state index in [1.54, 1.807) is 12.1 Å². The zero-order chi connectivity index (χ0) is 11.8. The van der Waals surface area contributed by atoms with E-state index in [9.17, 15) is 8.42 Å². The quantitative estimate of drug-likeness (QED) is 0.806. The molecule has 0 bridgehead atoms. The Bertz CT molecular complexity index is 497. The topological polar surface area (TPSA) is 94.3 Å². The fraction of sp³-hybridized carbons (Fsp3) is 0.444. The molecule has 0 radical (unpaired) electrons. The number of aromatic nitrogens is 1. The van der Waals surface area contributed by atoms with Crippen LogP contribution in [-0.4, -0.2) is 25.8 Å². The van der Waals surface area contributed by atoms with Crippen LogP contribution in [0.2, 0.25) is 0 Å². The molecule has 0 amide bonds. The van der Waals surface area contributed by atoms with Gasteiger partial charge >= 0.3 is 0 Å². The average Bonchev–Trinajstić information content (AvgIpc) is 2.91. The molecule has 1 aromatic rings. The molecule has 1 aliphatic rings. The van der Waals surface area contributed by atoms with Gasteiger partial charge in [0, 0.05) is 0 Å². The highest BCUT2D eigenvalue weighted by Gasteiger charge is 2.25. The summed E-state index contributed by atoms with van der Waals surface area (Å²) in [5, 5.41) is 0. The van der Waals surface area contributed by atoms with E-state index in [0.717, 1.165) is 19.1 Å². The second kappa shape index (κ2) is 3.82. The third-order valence-electron chi connectivity index (χ3n) is 1.98. The van der Waals surface area contributed by atoms with Crippen LogP contribution in [0.5, 0.6) is 5.75 Å². The van der Waals surface area contributed by atoms with Crippen LogP contribution in [0.25, 0.3) is 0 Å². The SMILES string of the molecule is CS(=O)(=O)Nc1nc(N)ccc1OC1CC1. The van der Waals surface area contributed by atoms with Gasteiger partial charge in [0.1, 0.15) is 5.82 Å². The van der Waals surface area contributed by atoms with Gasteiger partial charge in [-0.25, -0.2) is 13.4 Å². The van der Waals surface area contributed by atoms with Crippen molar-refractivity contribution >= 4 is 21.7 Å². The predicted molar refractivity (Wildman–Crippen MR) is 60.8 cm³/mol. The van der Waals surface area contributed by atoms with Crippen molar-refractivity contribution in [1.29, 1.82) is 0 Å². The molecule has 1 fully saturated rings. The zero-order valence-electron chi connectivity index (χ0n) is 8.80. The van der Waals surface area contributed by atoms with Crippen LogP contribution in [0.4, 0.5) is 11.6 Å². The van der Waals surface area contributed by atoms with Crippen molar-refractivity contribution in [3.63, 3.8) is 0 Å². The Hall–Kier alpha value is -1.50. The third kappa shape index (κ3) is 2.99. The number of nitrogens with one attached hydrogen (secondary N) is 1. The molecule has 7 heteroatoms. The van der Waals surface area contributed by atoms with Crippen molar-refractivity contribution in [1.82, 2.24) is 4.98 Å². The van der Waals surface area contributed by atoms with Crippen LogP contribution >= 0.6 is 0 Å². The van der Waals surface area contributed by atoms with Crippen molar-refractivity contribution in [2.45, 2.75) is 18.9 Å². The van der Waals surface area contributed by atoms with Crippen LogP contribution in [0.3, 0.4) is 0 Å². The first-order valence-electron chi connectivity index (χ1n) is 4.85. The highest BCUT2D eigenvalue weighted by molar-refractivity contribution is 7.92. The largest absolute Gasteiger partial charge is 0.487 e. The minimum atomic E-state index is -3.38. The van der Waals surface area contributed by atoms with Gasteiger partial charge in [0.05, 0.1) is 12.4 Å². The van der Waals surface area contributed by atoms with Gasteiger partial charge in [0.15, 0.2) is 11.6 Å². The maximum Gasteiger partial charge on any atom is 0.231 e. The Morgan fingerprint density at radius 2 is 2.19 bits per heavy atom. The minimum absolute atomic E-state index is 0.148. The summed E-state index contributed by atoms with van der Waals surface area (Å²) in [6.45, 7) is 0. The summed E-state index contributed by atoms with van der Waals surface area (Å²) in [6.07, 6.45) is 3.20. The van der Waals surface area contributed by atoms with E-state index in [0.29, 0.717) is 5.75 Å². The van der Waals surface area contributed by atoms with Gasteiger partial charge in [0.25, 0.3) is 0 Å². The first-order chi connectivity index (χ1) is 7.44. The first kappa shape index (κ1) is 11.0. The summed E-state index contributed by atoms with van der Waals surface area (Å²) in [6, 6.07) is 3.19. The molecule has 0 aromatic carbocycles. The number of nitrogens with zero attached hydrogens (tertiary/aromatic N) is 1. The molecule has 1 heterocycles. The number of pyridine rings is 1. The third-order valence-corrected chi connectivity index (χ3v) is 2.54. The van der Waals surface area contributed by atoms with Gasteiger partial charge in [-0.1, -0.05) is 0 Å². The van der Waals surface area contributed by atoms with Crippen LogP contribution in [-0.2, 0) is 10.0 Å². The number of ether oxygens (including phenoxy) is 1. The lowest BCUT2D eigenvalue weighted by Gasteiger charge is -2.11. The lowest BCUT2D eigenvalue weighted by molar-refractivity contribution is 0.304. The van der Waals surface area contributed by atoms with Crippen molar-refractivity contribution in [3.05, 3.63) is 12.1 Å². The molecule has 1 aliphatic carbocycles. The van der Waals surface area contributed by atoms with E-state index >= 15 is 0 Å². The van der Waals surface area contributed by atoms with Crippen LogP contribution < -0.4 is 15.2 Å². The molecular formula is C9H13N3O3S. The number of hydrogen-bond acceptors (Lipinski definition) is 5. The minimum Gasteiger partial charge on any atom is -0.487 e. The Balaban J connectivity index is 2.27. The second-order valence-electron chi connectivity index (χ2n) is 3.77. The molecule has 0 spiro atoms. The van der Waals surface area contributed by atoms with Gasteiger partial charge in [-0.05, 0) is 25.0 Å². The molecule has 88 valence electrons. The maximum atomic E-state index is 11.1. The van der Waals surface area contributed by atoms with Crippen molar-refractivity contribution < 1.29 is 13.2 Å². The first-order valence-corrected chi connectivity index (χ1v) is 6.74. The Kier molecular flexibility index (Phi) is 2.63. The molecule has 0 atom stereocenters. The lowest BCUT2D eigenvalue weighted by Crippen LogP contribution is -2.13. The Morgan fingerprint density at radius 1 is 1.50 bits per heavy atom. The molecule has 0 unspecified atom stereocenters. The summed E-state index contributed by atoms with van der Waals surface area (Å²) < 4.78 is 30.0. The molecule has 1 aromatic heterocycles. The molecule has 2 rings (SSSR count). The smallest absolute Gasteiger partial charge is 0.231 e. The van der Waals surface area contributed by atoms with Gasteiger partial charge in [-0.3, -0.25) is 4.72 Å². The Morgan fingerprint density at radius 3 is 2.75 bits per heavy atom. The van der Waals surface area contributed by atoms with E-state index in [4.69, 9.17) is 10.5 Å². The summed E-state index contributed by atoms with van der Waals surface area (Å²) in [5.41, 5.74) is 5.49. The monoisotopic (exact) mass is 243 g/mol. The van der Waals surface area contributed by atoms with Crippen LogP contribution in [0.1, 0.15) is 12.8 Å². The molecule has 1 saturated carbocycles. The van der Waals surface area contributed by atoms with Crippen LogP contribution in [0.15, 0.2) is 12.1 Å². The van der Waals surface area contributed by atoms with E-state index in [2.05, 4.69) is 9.71 Å². The highest BCUT2D eigenvalue weighted by atomic mass is 32.2. The van der Waals surface area contributed by atoms with E-state index < -0.39 is 10.0 Å². The highest BCUT2D eigenvalue weighted by Crippen LogP contribution is 2.31. The second-order valence-corrected chi connectivity index (χ2v) is 5.52. The molecule has 16 heavy (non-hydrogen) atoms. The number of hydrogen-bond donors (Lipinski definition) is 2. The number of anilines is 2. The Labute approximate surface area is 93.9 Å². The summed E-state index contributed by atoms with van der Waals surface area (Å²) in [7, 11) is -3.38. The number of nitrogens with two attached hydrogens (primary N) is 1. The van der Waals surface area contributed by atoms with E-state index in [-0.39, 0.29) is 17.7 Å². The summed E-state index contributed by atoms with van der Waals surface area (Å²) >= 11 is 0. The van der Waals surface area contributed by atoms with Gasteiger partial charge < -0.3 is 10.5 Å². The van der Waals surface area contributed by atoms with Crippen molar-refractivity contribution in [2.24, 2.45) is 0 Å². The number of sulfonamides is 1. The van der Waals surface area contributed by atoms with Crippen LogP contribution in [0, 0.1) is 0 Å². The molecule has 0 saturated heterocycles. The predicted octanol–water partition coefficient (Wildman–Crippen LogP) is 0.576. The molecular weight excluding hydrogens is 230 g/mol. The average molecular weight is 243 g/mol. The lowest BCUT2D eigenvalue weighted by atomic mass is 10.4. The fourth-order valence-electron chi connectivity index (χ4n) is 1.17. The number of nitrogen functional groups attached to an aromatic ring is 1. The van der Waals surface area contributed by atoms with Crippen molar-refractivity contribution in [3.8, 4) is 5.75 Å². The van der Waals surface area contributed by atoms with Gasteiger partial charge in [0.2, 0.25) is 10.0 Å². The van der Waals surface area contributed by atoms with E-state index in [1.165, 1.54) is 0 Å². The molecule has 0 aliphatic heterocycles. The maximum absolute atomic E-state index is 11.1. The van der Waals surface area contributed by atoms with Crippen molar-refractivity contribution in [2.75, 3.05) is 16.7 Å². The normalized spacial score (nSPS) is 15.8. The zero-order valence-corrected chi connectivity index (χ0v) is 9.62. The number of rotatable bonds is 4. The standard InChI is InChI=1S/C9H13N3O3S/c1-16(13,14)12-9-7(15-6-2-3-6)4-5-8(10)11-9/h4-6H,2-3H2,1H3,(H3,10,11,12). The summed E-state index contributed by atoms with van der Waals surface area (Å²) in [4.78, 5) is 3.90. The fourth-order valence-corrected chi connectivity index (χ4v) is 1.67. The summed E-state index contributed by atoms with van der Waals surface area (Å²) in [5.74, 6) is 0.811. The molecule has 6 nitrogen and oxygen atoms in total. The van der Waals surface area contributed by atoms with E-state index in [1.807, 2.05) is 0 Å². The van der Waals surface area contributed by atoms with Gasteiger partial charge in [-0.15, -0.1) is 0 Å². The van der Waals surface area contributed by atoms with Gasteiger partial charge in [-0.2, -0.15) is 0 Å². The molecule has 3 N–H and O–H groups in total.